The Bertz CT molecular complexity index is 599. The number of amides is 1. The molecular formula is C9H5ClN4O4. The third-order valence-corrected chi connectivity index (χ3v) is 2.33. The van der Waals surface area contributed by atoms with E-state index in [2.05, 4.69) is 20.3 Å². The Hall–Kier alpha value is -2.48. The third kappa shape index (κ3) is 2.43. The first-order valence-corrected chi connectivity index (χ1v) is 4.98. The smallest absolute Gasteiger partial charge is 0.279 e. The summed E-state index contributed by atoms with van der Waals surface area (Å²) in [5.41, 5.74) is -0.135. The average Bonchev–Trinajstić information content (AvgIpc) is 2.85. The molecule has 0 radical (unpaired) electrons. The predicted octanol–water partition coefficient (Wildman–Crippen LogP) is 1.88. The van der Waals surface area contributed by atoms with E-state index in [-0.39, 0.29) is 22.1 Å². The van der Waals surface area contributed by atoms with Gasteiger partial charge >= 0.3 is 0 Å². The fourth-order valence-corrected chi connectivity index (χ4v) is 1.34. The maximum atomic E-state index is 11.6. The quantitative estimate of drug-likeness (QED) is 0.672. The van der Waals surface area contributed by atoms with Crippen molar-refractivity contribution in [2.45, 2.75) is 0 Å². The molecule has 0 saturated heterocycles. The molecule has 0 unspecified atom stereocenters. The lowest BCUT2D eigenvalue weighted by molar-refractivity contribution is -0.384. The number of halogens is 1. The molecule has 0 saturated carbocycles. The molecule has 1 aromatic heterocycles. The minimum absolute atomic E-state index is 0.0578. The van der Waals surface area contributed by atoms with Gasteiger partial charge in [-0.25, -0.2) is 4.63 Å². The Kier molecular flexibility index (Phi) is 3.20. The number of nitro groups is 1. The summed E-state index contributed by atoms with van der Waals surface area (Å²) >= 11 is 5.81. The van der Waals surface area contributed by atoms with Crippen molar-refractivity contribution in [3.63, 3.8) is 0 Å². The summed E-state index contributed by atoms with van der Waals surface area (Å²) in [6.45, 7) is 0. The largest absolute Gasteiger partial charge is 0.319 e. The van der Waals surface area contributed by atoms with E-state index >= 15 is 0 Å². The second-order valence-corrected chi connectivity index (χ2v) is 3.58. The summed E-state index contributed by atoms with van der Waals surface area (Å²) in [7, 11) is 0. The highest BCUT2D eigenvalue weighted by Crippen LogP contribution is 2.26. The van der Waals surface area contributed by atoms with Crippen molar-refractivity contribution < 1.29 is 14.3 Å². The average molecular weight is 269 g/mol. The van der Waals surface area contributed by atoms with Crippen molar-refractivity contribution in [3.05, 3.63) is 45.2 Å². The van der Waals surface area contributed by atoms with Gasteiger partial charge in [0.05, 0.1) is 15.6 Å². The molecule has 0 bridgehead atoms. The summed E-state index contributed by atoms with van der Waals surface area (Å²) in [4.78, 5) is 21.6. The summed E-state index contributed by atoms with van der Waals surface area (Å²) in [6.07, 6.45) is 1.11. The minimum atomic E-state index is -0.626. The van der Waals surface area contributed by atoms with E-state index in [1.807, 2.05) is 0 Å². The first-order valence-electron chi connectivity index (χ1n) is 4.61. The number of benzene rings is 1. The molecule has 2 rings (SSSR count). The molecule has 1 N–H and O–H groups in total. The zero-order chi connectivity index (χ0) is 13.1. The summed E-state index contributed by atoms with van der Waals surface area (Å²) < 4.78 is 4.26. The van der Waals surface area contributed by atoms with Gasteiger partial charge in [-0.1, -0.05) is 16.8 Å². The van der Waals surface area contributed by atoms with Crippen LogP contribution in [0.2, 0.25) is 5.02 Å². The molecule has 1 heterocycles. The number of nitro benzene ring substituents is 1. The Morgan fingerprint density at radius 3 is 2.89 bits per heavy atom. The van der Waals surface area contributed by atoms with Crippen LogP contribution < -0.4 is 5.32 Å². The van der Waals surface area contributed by atoms with Crippen molar-refractivity contribution in [2.75, 3.05) is 5.32 Å². The molecule has 9 heteroatoms. The van der Waals surface area contributed by atoms with Crippen LogP contribution in [-0.2, 0) is 0 Å². The first-order chi connectivity index (χ1) is 8.58. The van der Waals surface area contributed by atoms with Gasteiger partial charge in [-0.2, -0.15) is 0 Å². The van der Waals surface area contributed by atoms with Gasteiger partial charge in [0.2, 0.25) is 0 Å². The maximum Gasteiger partial charge on any atom is 0.279 e. The van der Waals surface area contributed by atoms with Crippen LogP contribution >= 0.6 is 11.6 Å². The van der Waals surface area contributed by atoms with Gasteiger partial charge in [-0.3, -0.25) is 14.9 Å². The van der Waals surface area contributed by atoms with Gasteiger partial charge in [0.25, 0.3) is 11.6 Å². The lowest BCUT2D eigenvalue weighted by Crippen LogP contribution is -2.12. The molecule has 0 aliphatic carbocycles. The molecule has 1 aromatic carbocycles. The zero-order valence-electron chi connectivity index (χ0n) is 8.66. The number of hydrogen-bond acceptors (Lipinski definition) is 6. The first kappa shape index (κ1) is 12.0. The van der Waals surface area contributed by atoms with Gasteiger partial charge in [0, 0.05) is 12.1 Å². The summed E-state index contributed by atoms with van der Waals surface area (Å²) in [5.74, 6) is -0.626. The van der Waals surface area contributed by atoms with E-state index in [1.165, 1.54) is 12.1 Å². The number of non-ortho nitro benzene ring substituents is 1. The Balaban J connectivity index is 2.26. The number of hydrogen-bond donors (Lipinski definition) is 1. The SMILES string of the molecule is O=C(Nc1cc([N+](=O)[O-])ccc1Cl)c1cnon1. The minimum Gasteiger partial charge on any atom is -0.319 e. The van der Waals surface area contributed by atoms with E-state index in [4.69, 9.17) is 11.6 Å². The second kappa shape index (κ2) is 4.80. The van der Waals surface area contributed by atoms with Crippen molar-refractivity contribution in [3.8, 4) is 0 Å². The van der Waals surface area contributed by atoms with E-state index < -0.39 is 10.8 Å². The standard InChI is InChI=1S/C9H5ClN4O4/c10-6-2-1-5(14(16)17)3-7(6)12-9(15)8-4-11-18-13-8/h1-4H,(H,12,15). The van der Waals surface area contributed by atoms with Gasteiger partial charge in [-0.05, 0) is 11.2 Å². The molecule has 18 heavy (non-hydrogen) atoms. The number of anilines is 1. The van der Waals surface area contributed by atoms with E-state index in [0.717, 1.165) is 12.3 Å². The molecule has 2 aromatic rings. The highest BCUT2D eigenvalue weighted by molar-refractivity contribution is 6.34. The fraction of sp³-hybridized carbons (Fsp3) is 0. The Morgan fingerprint density at radius 2 is 2.28 bits per heavy atom. The van der Waals surface area contributed by atoms with Crippen LogP contribution in [0, 0.1) is 10.1 Å². The van der Waals surface area contributed by atoms with Crippen LogP contribution in [0.4, 0.5) is 11.4 Å². The van der Waals surface area contributed by atoms with Gasteiger partial charge in [-0.15, -0.1) is 0 Å². The third-order valence-electron chi connectivity index (χ3n) is 2.00. The van der Waals surface area contributed by atoms with Crippen molar-refractivity contribution in [2.24, 2.45) is 0 Å². The molecule has 0 spiro atoms. The molecule has 1 amide bonds. The molecule has 0 aliphatic rings. The Morgan fingerprint density at radius 1 is 1.50 bits per heavy atom. The van der Waals surface area contributed by atoms with Crippen LogP contribution in [0.3, 0.4) is 0 Å². The second-order valence-electron chi connectivity index (χ2n) is 3.17. The van der Waals surface area contributed by atoms with E-state index in [9.17, 15) is 14.9 Å². The molecule has 8 nitrogen and oxygen atoms in total. The van der Waals surface area contributed by atoms with Crippen LogP contribution in [-0.4, -0.2) is 21.1 Å². The normalized spacial score (nSPS) is 10.1. The van der Waals surface area contributed by atoms with Crippen molar-refractivity contribution >= 4 is 28.9 Å². The molecule has 0 fully saturated rings. The number of nitrogens with one attached hydrogen (secondary N) is 1. The zero-order valence-corrected chi connectivity index (χ0v) is 9.42. The lowest BCUT2D eigenvalue weighted by atomic mass is 10.2. The fourth-order valence-electron chi connectivity index (χ4n) is 1.17. The lowest BCUT2D eigenvalue weighted by Gasteiger charge is -2.04. The highest BCUT2D eigenvalue weighted by atomic mass is 35.5. The number of aromatic nitrogens is 2. The molecule has 0 aliphatic heterocycles. The van der Waals surface area contributed by atoms with E-state index in [0.29, 0.717) is 0 Å². The van der Waals surface area contributed by atoms with Crippen LogP contribution in [0.5, 0.6) is 0 Å². The number of rotatable bonds is 3. The molecule has 0 atom stereocenters. The summed E-state index contributed by atoms with van der Waals surface area (Å²) in [5, 5.41) is 19.7. The number of carbonyl (C=O) groups excluding carboxylic acids is 1. The van der Waals surface area contributed by atoms with Crippen LogP contribution in [0.1, 0.15) is 10.5 Å². The van der Waals surface area contributed by atoms with Crippen molar-refractivity contribution in [1.82, 2.24) is 10.3 Å². The number of nitrogens with zero attached hydrogens (tertiary/aromatic N) is 3. The van der Waals surface area contributed by atoms with Crippen molar-refractivity contribution in [1.29, 1.82) is 0 Å². The molecule has 92 valence electrons. The van der Waals surface area contributed by atoms with E-state index in [1.54, 1.807) is 0 Å². The Labute approximate surface area is 105 Å². The van der Waals surface area contributed by atoms with Crippen LogP contribution in [0.25, 0.3) is 0 Å². The monoisotopic (exact) mass is 268 g/mol. The van der Waals surface area contributed by atoms with Gasteiger partial charge in [0.15, 0.2) is 5.69 Å². The molecular weight excluding hydrogens is 264 g/mol. The predicted molar refractivity (Wildman–Crippen MR) is 60.4 cm³/mol. The van der Waals surface area contributed by atoms with Crippen LogP contribution in [0.15, 0.2) is 29.0 Å². The maximum absolute atomic E-state index is 11.6. The topological polar surface area (TPSA) is 111 Å². The number of carbonyl (C=O) groups is 1. The van der Waals surface area contributed by atoms with Gasteiger partial charge in [0.1, 0.15) is 6.20 Å². The van der Waals surface area contributed by atoms with Gasteiger partial charge < -0.3 is 5.32 Å². The summed E-state index contributed by atoms with van der Waals surface area (Å²) in [6, 6.07) is 3.69. The highest BCUT2D eigenvalue weighted by Gasteiger charge is 2.15.